The summed E-state index contributed by atoms with van der Waals surface area (Å²) in [5, 5.41) is 2.02. The molecular formula is C72H50BrN5. The lowest BCUT2D eigenvalue weighted by molar-refractivity contribution is 1.21. The van der Waals surface area contributed by atoms with Gasteiger partial charge >= 0.3 is 0 Å². The number of aryl methyl sites for hydroxylation is 7. The van der Waals surface area contributed by atoms with E-state index in [1.807, 2.05) is 97.1 Å². The Balaban J connectivity index is 0.896. The van der Waals surface area contributed by atoms with Crippen molar-refractivity contribution in [3.63, 3.8) is 0 Å². The van der Waals surface area contributed by atoms with Crippen LogP contribution in [0.2, 0.25) is 0 Å². The van der Waals surface area contributed by atoms with Gasteiger partial charge in [-0.15, -0.1) is 0 Å². The summed E-state index contributed by atoms with van der Waals surface area (Å²) in [6.45, 7) is 15.0. The van der Waals surface area contributed by atoms with Crippen LogP contribution in [0.3, 0.4) is 0 Å². The van der Waals surface area contributed by atoms with Crippen molar-refractivity contribution < 1.29 is 0 Å². The van der Waals surface area contributed by atoms with E-state index < -0.39 is 0 Å². The van der Waals surface area contributed by atoms with E-state index in [4.69, 9.17) is 15.0 Å². The SMILES string of the molecule is Cc1cc(C)c(-c2ccc3ccc4cc(C#Cc5ccccc5C#Cc5ccc(C#Cc6c(Br)cc(C)cc6C#Cc6cc(-c7ccccn7)nc(-c7ccccn7)c6)cc5)c(-c5c(C)cc(C)cc5C)nc4c3n2)c(C)c1. The molecule has 0 aliphatic carbocycles. The monoisotopic (exact) mass is 1060 g/mol. The molecule has 0 atom stereocenters. The molecule has 5 aromatic heterocycles. The van der Waals surface area contributed by atoms with E-state index in [0.717, 1.165) is 133 Å². The highest BCUT2D eigenvalue weighted by Gasteiger charge is 2.18. The average molecular weight is 1070 g/mol. The number of nitrogens with zero attached hydrogens (tertiary/aromatic N) is 5. The first-order chi connectivity index (χ1) is 37.9. The number of hydrogen-bond donors (Lipinski definition) is 0. The zero-order valence-electron chi connectivity index (χ0n) is 44.4. The molecule has 0 saturated heterocycles. The fraction of sp³-hybridized carbons (Fsp3) is 0.0972. The lowest BCUT2D eigenvalue weighted by Crippen LogP contribution is -1.99. The highest BCUT2D eigenvalue weighted by atomic mass is 79.9. The topological polar surface area (TPSA) is 64.5 Å². The summed E-state index contributed by atoms with van der Waals surface area (Å²) in [5.41, 5.74) is 23.6. The number of fused-ring (bicyclic) bond motifs is 3. The number of halogens is 1. The molecule has 0 bridgehead atoms. The molecule has 6 aromatic carbocycles. The molecule has 11 aromatic rings. The van der Waals surface area contributed by atoms with E-state index in [2.05, 4.69) is 188 Å². The molecule has 6 heteroatoms. The first kappa shape index (κ1) is 50.5. The van der Waals surface area contributed by atoms with Crippen molar-refractivity contribution >= 4 is 37.7 Å². The largest absolute Gasteiger partial charge is 0.255 e. The Bertz CT molecular complexity index is 4370. The number of hydrogen-bond acceptors (Lipinski definition) is 5. The summed E-state index contributed by atoms with van der Waals surface area (Å²) in [7, 11) is 0. The molecule has 11 rings (SSSR count). The van der Waals surface area contributed by atoms with Crippen molar-refractivity contribution in [2.75, 3.05) is 0 Å². The van der Waals surface area contributed by atoms with Crippen LogP contribution in [0.5, 0.6) is 0 Å². The van der Waals surface area contributed by atoms with Crippen LogP contribution < -0.4 is 0 Å². The molecule has 0 radical (unpaired) electrons. The van der Waals surface area contributed by atoms with Gasteiger partial charge in [-0.05, 0) is 189 Å². The first-order valence-corrected chi connectivity index (χ1v) is 26.5. The number of pyridine rings is 5. The van der Waals surface area contributed by atoms with Crippen LogP contribution in [0, 0.1) is 95.8 Å². The van der Waals surface area contributed by atoms with Crippen molar-refractivity contribution in [1.82, 2.24) is 24.9 Å². The highest BCUT2D eigenvalue weighted by molar-refractivity contribution is 9.10. The van der Waals surface area contributed by atoms with Gasteiger partial charge in [0, 0.05) is 72.1 Å². The van der Waals surface area contributed by atoms with Crippen LogP contribution >= 0.6 is 15.9 Å². The Morgan fingerprint density at radius 3 is 1.42 bits per heavy atom. The van der Waals surface area contributed by atoms with Gasteiger partial charge in [-0.2, -0.15) is 0 Å². The van der Waals surface area contributed by atoms with Gasteiger partial charge < -0.3 is 0 Å². The van der Waals surface area contributed by atoms with Crippen molar-refractivity contribution in [3.05, 3.63) is 264 Å². The first-order valence-electron chi connectivity index (χ1n) is 25.7. The molecule has 78 heavy (non-hydrogen) atoms. The van der Waals surface area contributed by atoms with Crippen molar-refractivity contribution in [1.29, 1.82) is 0 Å². The van der Waals surface area contributed by atoms with Crippen LogP contribution in [-0.4, -0.2) is 24.9 Å². The summed E-state index contributed by atoms with van der Waals surface area (Å²) < 4.78 is 0.874. The summed E-state index contributed by atoms with van der Waals surface area (Å²) in [6, 6.07) is 55.3. The minimum absolute atomic E-state index is 0.720. The second-order valence-corrected chi connectivity index (χ2v) is 20.5. The second kappa shape index (κ2) is 21.9. The summed E-state index contributed by atoms with van der Waals surface area (Å²) in [6.07, 6.45) is 3.53. The fourth-order valence-corrected chi connectivity index (χ4v) is 10.8. The average Bonchev–Trinajstić information content (AvgIpc) is 3.57. The summed E-state index contributed by atoms with van der Waals surface area (Å²) in [5.74, 6) is 27.5. The Labute approximate surface area is 465 Å². The van der Waals surface area contributed by atoms with Crippen LogP contribution in [-0.2, 0) is 0 Å². The Kier molecular flexibility index (Phi) is 14.2. The maximum Gasteiger partial charge on any atom is 0.0973 e. The maximum absolute atomic E-state index is 5.50. The van der Waals surface area contributed by atoms with E-state index in [1.54, 1.807) is 12.4 Å². The third-order valence-electron chi connectivity index (χ3n) is 13.6. The normalized spacial score (nSPS) is 10.7. The lowest BCUT2D eigenvalue weighted by Gasteiger charge is -2.15. The van der Waals surface area contributed by atoms with Crippen LogP contribution in [0.1, 0.15) is 83.5 Å². The van der Waals surface area contributed by atoms with Crippen LogP contribution in [0.4, 0.5) is 0 Å². The molecule has 0 N–H and O–H groups in total. The van der Waals surface area contributed by atoms with Gasteiger partial charge in [-0.1, -0.05) is 125 Å². The quantitative estimate of drug-likeness (QED) is 0.130. The molecule has 0 spiro atoms. The standard InChI is InChI=1S/C72H50BrN5/c1-45-36-48(4)68(49(5)37-45)65-33-31-57-28-30-60-44-59(70(78-72(60)71(57)77-65)69-50(6)38-46(2)39-51(69)7)29-27-56-15-9-8-14-55(56)25-22-52-18-20-53(21-19-52)24-32-61-58(40-47(3)41-62(61)73)26-23-54-42-66(63-16-10-12-34-74-63)76-67(43-54)64-17-11-13-35-75-64/h8-21,28,30-31,33-44H,1-7H3. The van der Waals surface area contributed by atoms with E-state index in [1.165, 1.54) is 22.3 Å². The number of rotatable bonds is 4. The van der Waals surface area contributed by atoms with Gasteiger partial charge in [0.1, 0.15) is 0 Å². The molecule has 0 aliphatic rings. The zero-order chi connectivity index (χ0) is 53.9. The zero-order valence-corrected chi connectivity index (χ0v) is 45.9. The third kappa shape index (κ3) is 10.9. The smallest absolute Gasteiger partial charge is 0.0973 e. The summed E-state index contributed by atoms with van der Waals surface area (Å²) >= 11 is 3.79. The van der Waals surface area contributed by atoms with E-state index in [9.17, 15) is 0 Å². The molecule has 5 heterocycles. The van der Waals surface area contributed by atoms with Crippen LogP contribution in [0.15, 0.2) is 181 Å². The van der Waals surface area contributed by atoms with Crippen molar-refractivity contribution in [2.45, 2.75) is 48.5 Å². The predicted octanol–water partition coefficient (Wildman–Crippen LogP) is 16.2. The summed E-state index contributed by atoms with van der Waals surface area (Å²) in [4.78, 5) is 24.8. The molecule has 0 unspecified atom stereocenters. The predicted molar refractivity (Wildman–Crippen MR) is 323 cm³/mol. The van der Waals surface area contributed by atoms with E-state index in [-0.39, 0.29) is 0 Å². The fourth-order valence-electron chi connectivity index (χ4n) is 10.1. The highest BCUT2D eigenvalue weighted by Crippen LogP contribution is 2.36. The molecule has 0 aliphatic heterocycles. The molecule has 5 nitrogen and oxygen atoms in total. The van der Waals surface area contributed by atoms with Crippen molar-refractivity contribution in [2.24, 2.45) is 0 Å². The third-order valence-corrected chi connectivity index (χ3v) is 14.2. The van der Waals surface area contributed by atoms with Gasteiger partial charge in [-0.3, -0.25) is 9.97 Å². The van der Waals surface area contributed by atoms with Gasteiger partial charge in [0.25, 0.3) is 0 Å². The minimum Gasteiger partial charge on any atom is -0.255 e. The number of benzene rings is 6. The molecular weight excluding hydrogens is 1010 g/mol. The Morgan fingerprint density at radius 2 is 0.821 bits per heavy atom. The minimum atomic E-state index is 0.720. The Hall–Kier alpha value is -9.69. The van der Waals surface area contributed by atoms with Gasteiger partial charge in [0.05, 0.1) is 56.3 Å². The van der Waals surface area contributed by atoms with Gasteiger partial charge in [-0.25, -0.2) is 15.0 Å². The van der Waals surface area contributed by atoms with Gasteiger partial charge in [0.15, 0.2) is 0 Å². The van der Waals surface area contributed by atoms with Crippen LogP contribution in [0.25, 0.3) is 67.1 Å². The molecule has 0 fully saturated rings. The van der Waals surface area contributed by atoms with Gasteiger partial charge in [0.2, 0.25) is 0 Å². The molecule has 370 valence electrons. The molecule has 0 amide bonds. The van der Waals surface area contributed by atoms with E-state index in [0.29, 0.717) is 0 Å². The second-order valence-electron chi connectivity index (χ2n) is 19.7. The number of aromatic nitrogens is 5. The Morgan fingerprint density at radius 1 is 0.333 bits per heavy atom. The lowest BCUT2D eigenvalue weighted by atomic mass is 9.93. The maximum atomic E-state index is 5.50. The van der Waals surface area contributed by atoms with E-state index >= 15 is 0 Å². The molecule has 0 saturated carbocycles. The van der Waals surface area contributed by atoms with Crippen molar-refractivity contribution in [3.8, 4) is 92.7 Å².